The van der Waals surface area contributed by atoms with E-state index in [0.717, 1.165) is 65.0 Å². The average molecular weight is 503 g/mol. The number of methoxy groups -OCH3 is 2. The van der Waals surface area contributed by atoms with Gasteiger partial charge >= 0.3 is 0 Å². The van der Waals surface area contributed by atoms with E-state index in [1.807, 2.05) is 30.5 Å². The number of pyridine rings is 1. The van der Waals surface area contributed by atoms with Gasteiger partial charge in [0.1, 0.15) is 17.2 Å². The van der Waals surface area contributed by atoms with Crippen LogP contribution in [0.25, 0.3) is 5.70 Å². The number of nitrogens with one attached hydrogen (secondary N) is 3. The van der Waals surface area contributed by atoms with Crippen molar-refractivity contribution in [1.29, 1.82) is 0 Å². The van der Waals surface area contributed by atoms with Crippen molar-refractivity contribution in [1.82, 2.24) is 20.9 Å². The molecule has 0 bridgehead atoms. The summed E-state index contributed by atoms with van der Waals surface area (Å²) in [4.78, 5) is 17.9. The largest absolute Gasteiger partial charge is 0.497 e. The van der Waals surface area contributed by atoms with E-state index < -0.39 is 5.91 Å². The van der Waals surface area contributed by atoms with Crippen LogP contribution in [-0.2, 0) is 0 Å². The van der Waals surface area contributed by atoms with E-state index >= 15 is 0 Å². The number of nitrogens with two attached hydrogens (primary N) is 1. The Morgan fingerprint density at radius 1 is 1.11 bits per heavy atom. The Morgan fingerprint density at radius 2 is 1.86 bits per heavy atom. The maximum Gasteiger partial charge on any atom is 0.267 e. The molecule has 9 heteroatoms. The third-order valence-electron chi connectivity index (χ3n) is 6.04. The number of carbonyl (C=O) groups is 1. The van der Waals surface area contributed by atoms with Gasteiger partial charge in [0.05, 0.1) is 31.3 Å². The minimum absolute atomic E-state index is 0.216. The lowest BCUT2D eigenvalue weighted by molar-refractivity contribution is 0.0995. The SMILES string of the molecule is COc1cc(OC)cc(N(CCNC(C)C)C2=CCC=C3NC=C(c4ccnc(C(N)=O)c4)NC3=C2)c1. The number of hydrogen-bond donors (Lipinski definition) is 4. The molecule has 1 aliphatic carbocycles. The molecule has 0 fully saturated rings. The Labute approximate surface area is 217 Å². The third-order valence-corrected chi connectivity index (χ3v) is 6.04. The summed E-state index contributed by atoms with van der Waals surface area (Å²) in [7, 11) is 3.31. The molecule has 4 rings (SSSR count). The van der Waals surface area contributed by atoms with E-state index in [9.17, 15) is 4.79 Å². The molecule has 5 N–H and O–H groups in total. The Bertz CT molecular complexity index is 1260. The zero-order valence-electron chi connectivity index (χ0n) is 21.7. The van der Waals surface area contributed by atoms with Gasteiger partial charge in [0.2, 0.25) is 0 Å². The normalized spacial score (nSPS) is 14.6. The third kappa shape index (κ3) is 6.31. The van der Waals surface area contributed by atoms with Crippen LogP contribution in [0.3, 0.4) is 0 Å². The van der Waals surface area contributed by atoms with E-state index in [0.29, 0.717) is 6.04 Å². The fourth-order valence-electron chi connectivity index (χ4n) is 4.16. The number of hydrogen-bond acceptors (Lipinski definition) is 8. The second kappa shape index (κ2) is 11.7. The van der Waals surface area contributed by atoms with Crippen molar-refractivity contribution < 1.29 is 14.3 Å². The molecule has 0 atom stereocenters. The maximum atomic E-state index is 11.6. The number of ether oxygens (including phenoxy) is 2. The van der Waals surface area contributed by atoms with Gasteiger partial charge in [0.15, 0.2) is 0 Å². The van der Waals surface area contributed by atoms with Gasteiger partial charge in [-0.2, -0.15) is 0 Å². The molecule has 0 spiro atoms. The molecule has 2 aromatic rings. The molecule has 9 nitrogen and oxygen atoms in total. The summed E-state index contributed by atoms with van der Waals surface area (Å²) in [6.45, 7) is 5.80. The maximum absolute atomic E-state index is 11.6. The summed E-state index contributed by atoms with van der Waals surface area (Å²) in [5.74, 6) is 0.884. The first-order valence-electron chi connectivity index (χ1n) is 12.2. The fourth-order valence-corrected chi connectivity index (χ4v) is 4.16. The van der Waals surface area contributed by atoms with E-state index in [4.69, 9.17) is 15.2 Å². The molecule has 37 heavy (non-hydrogen) atoms. The van der Waals surface area contributed by atoms with Crippen LogP contribution in [0.1, 0.15) is 36.3 Å². The standard InChI is InChI=1S/C28H34N6O3/c1-18(2)30-10-11-34(21-13-22(36-3)16-23(14-21)37-4)20-6-5-7-24-25(15-20)33-27(17-32-24)19-8-9-31-26(12-19)28(29)35/h6-9,12-18,30,32-33H,5,10-11H2,1-4H3,(H2,29,35). The molecule has 1 aliphatic heterocycles. The van der Waals surface area contributed by atoms with Gasteiger partial charge in [0.25, 0.3) is 5.91 Å². The van der Waals surface area contributed by atoms with Crippen molar-refractivity contribution in [2.75, 3.05) is 32.2 Å². The van der Waals surface area contributed by atoms with Crippen molar-refractivity contribution >= 4 is 17.3 Å². The second-order valence-electron chi connectivity index (χ2n) is 8.99. The second-order valence-corrected chi connectivity index (χ2v) is 8.99. The first kappa shape index (κ1) is 25.8. The fraction of sp³-hybridized carbons (Fsp3) is 0.286. The molecule has 0 saturated heterocycles. The van der Waals surface area contributed by atoms with Gasteiger partial charge in [-0.3, -0.25) is 9.78 Å². The van der Waals surface area contributed by atoms with Crippen LogP contribution in [0, 0.1) is 0 Å². The molecule has 0 saturated carbocycles. The molecule has 0 radical (unpaired) electrons. The number of carbonyl (C=O) groups excluding carboxylic acids is 1. The number of anilines is 1. The highest BCUT2D eigenvalue weighted by Gasteiger charge is 2.20. The lowest BCUT2D eigenvalue weighted by Crippen LogP contribution is -2.35. The van der Waals surface area contributed by atoms with E-state index in [-0.39, 0.29) is 5.69 Å². The number of rotatable bonds is 10. The van der Waals surface area contributed by atoms with Crippen LogP contribution in [0.4, 0.5) is 5.69 Å². The molecule has 2 heterocycles. The molecule has 0 unspecified atom stereocenters. The number of benzene rings is 1. The van der Waals surface area contributed by atoms with Gasteiger partial charge in [-0.1, -0.05) is 26.0 Å². The van der Waals surface area contributed by atoms with Crippen molar-refractivity contribution in [3.05, 3.63) is 89.3 Å². The molecule has 1 aromatic carbocycles. The minimum Gasteiger partial charge on any atom is -0.497 e. The van der Waals surface area contributed by atoms with Crippen molar-refractivity contribution in [3.8, 4) is 11.5 Å². The first-order valence-corrected chi connectivity index (χ1v) is 12.2. The number of aromatic nitrogens is 1. The van der Waals surface area contributed by atoms with Crippen LogP contribution in [-0.4, -0.2) is 44.2 Å². The average Bonchev–Trinajstić information content (AvgIpc) is 3.12. The van der Waals surface area contributed by atoms with Crippen molar-refractivity contribution in [2.45, 2.75) is 26.3 Å². The predicted molar refractivity (Wildman–Crippen MR) is 146 cm³/mol. The van der Waals surface area contributed by atoms with Crippen molar-refractivity contribution in [2.24, 2.45) is 5.73 Å². The number of fused-ring (bicyclic) bond motifs is 1. The Hall–Kier alpha value is -4.24. The van der Waals surface area contributed by atoms with E-state index in [1.54, 1.807) is 26.5 Å². The van der Waals surface area contributed by atoms with Crippen LogP contribution >= 0.6 is 0 Å². The summed E-state index contributed by atoms with van der Waals surface area (Å²) in [5, 5.41) is 10.4. The first-order chi connectivity index (χ1) is 17.9. The summed E-state index contributed by atoms with van der Waals surface area (Å²) in [6.07, 6.45) is 10.7. The molecule has 1 aromatic heterocycles. The van der Waals surface area contributed by atoms with Gasteiger partial charge < -0.3 is 36.1 Å². The zero-order chi connectivity index (χ0) is 26.4. The summed E-state index contributed by atoms with van der Waals surface area (Å²) >= 11 is 0. The van der Waals surface area contributed by atoms with E-state index in [2.05, 4.69) is 57.9 Å². The van der Waals surface area contributed by atoms with E-state index in [1.165, 1.54) is 0 Å². The number of nitrogens with zero attached hydrogens (tertiary/aromatic N) is 2. The highest BCUT2D eigenvalue weighted by molar-refractivity contribution is 5.91. The Kier molecular flexibility index (Phi) is 8.15. The van der Waals surface area contributed by atoms with Gasteiger partial charge in [0, 0.05) is 66.7 Å². The highest BCUT2D eigenvalue weighted by Crippen LogP contribution is 2.32. The number of amides is 1. The quantitative estimate of drug-likeness (QED) is 0.392. The zero-order valence-corrected chi connectivity index (χ0v) is 21.7. The molecular formula is C28H34N6O3. The number of primary amides is 1. The van der Waals surface area contributed by atoms with Crippen molar-refractivity contribution in [3.63, 3.8) is 0 Å². The smallest absolute Gasteiger partial charge is 0.267 e. The summed E-state index contributed by atoms with van der Waals surface area (Å²) < 4.78 is 11.1. The molecular weight excluding hydrogens is 468 g/mol. The molecule has 2 aliphatic rings. The van der Waals surface area contributed by atoms with Crippen LogP contribution in [0.2, 0.25) is 0 Å². The number of allylic oxidation sites excluding steroid dienone is 3. The van der Waals surface area contributed by atoms with Gasteiger partial charge in [-0.25, -0.2) is 0 Å². The highest BCUT2D eigenvalue weighted by atomic mass is 16.5. The molecule has 1 amide bonds. The topological polar surface area (TPSA) is 114 Å². The lowest BCUT2D eigenvalue weighted by Gasteiger charge is -2.29. The van der Waals surface area contributed by atoms with Crippen LogP contribution < -0.4 is 36.1 Å². The predicted octanol–water partition coefficient (Wildman–Crippen LogP) is 3.25. The molecule has 194 valence electrons. The minimum atomic E-state index is -0.565. The lowest BCUT2D eigenvalue weighted by atomic mass is 10.1. The Morgan fingerprint density at radius 3 is 2.54 bits per heavy atom. The Balaban J connectivity index is 1.68. The van der Waals surface area contributed by atoms with Gasteiger partial charge in [-0.05, 0) is 24.6 Å². The monoisotopic (exact) mass is 502 g/mol. The van der Waals surface area contributed by atoms with Crippen LogP contribution in [0.5, 0.6) is 11.5 Å². The summed E-state index contributed by atoms with van der Waals surface area (Å²) in [6, 6.07) is 9.78. The summed E-state index contributed by atoms with van der Waals surface area (Å²) in [5.41, 5.74) is 11.2. The van der Waals surface area contributed by atoms with Crippen LogP contribution in [0.15, 0.2) is 78.0 Å². The van der Waals surface area contributed by atoms with Gasteiger partial charge in [-0.15, -0.1) is 0 Å².